The summed E-state index contributed by atoms with van der Waals surface area (Å²) in [6.45, 7) is 5.29. The zero-order chi connectivity index (χ0) is 19.8. The number of benzene rings is 1. The highest BCUT2D eigenvalue weighted by molar-refractivity contribution is 9.10. The Morgan fingerprint density at radius 1 is 1.30 bits per heavy atom. The molecule has 1 aromatic carbocycles. The number of sulfonamides is 1. The standard InChI is InChI=1S/C19H24BrN3O3S/c1-4-23(27(3,25)26)15-7-9-22(10-8-15)19(24)17-11-13(2)21-18-6-5-14(20)12-16(17)18/h5-6,11-12,15H,4,7-10H2,1-3H3. The van der Waals surface area contributed by atoms with Crippen LogP contribution in [0.15, 0.2) is 28.7 Å². The van der Waals surface area contributed by atoms with Gasteiger partial charge in [-0.15, -0.1) is 0 Å². The number of halogens is 1. The number of pyridine rings is 1. The molecule has 0 N–H and O–H groups in total. The molecule has 27 heavy (non-hydrogen) atoms. The minimum absolute atomic E-state index is 0.0237. The Morgan fingerprint density at radius 3 is 2.56 bits per heavy atom. The van der Waals surface area contributed by atoms with Gasteiger partial charge in [-0.05, 0) is 44.0 Å². The third-order valence-electron chi connectivity index (χ3n) is 5.03. The average molecular weight is 454 g/mol. The van der Waals surface area contributed by atoms with E-state index in [1.165, 1.54) is 10.6 Å². The van der Waals surface area contributed by atoms with E-state index in [1.807, 2.05) is 43.0 Å². The van der Waals surface area contributed by atoms with Gasteiger partial charge in [-0.3, -0.25) is 9.78 Å². The van der Waals surface area contributed by atoms with Crippen LogP contribution in [0.2, 0.25) is 0 Å². The van der Waals surface area contributed by atoms with E-state index in [1.54, 1.807) is 0 Å². The highest BCUT2D eigenvalue weighted by atomic mass is 79.9. The molecule has 8 heteroatoms. The zero-order valence-corrected chi connectivity index (χ0v) is 18.2. The number of likely N-dealkylation sites (tertiary alicyclic amines) is 1. The molecule has 1 saturated heterocycles. The number of aryl methyl sites for hydroxylation is 1. The molecule has 1 aliphatic heterocycles. The molecule has 1 amide bonds. The van der Waals surface area contributed by atoms with Crippen molar-refractivity contribution in [1.29, 1.82) is 0 Å². The molecule has 0 unspecified atom stereocenters. The molecule has 0 spiro atoms. The summed E-state index contributed by atoms with van der Waals surface area (Å²) in [7, 11) is -3.23. The van der Waals surface area contributed by atoms with Gasteiger partial charge in [-0.2, -0.15) is 4.31 Å². The summed E-state index contributed by atoms with van der Waals surface area (Å²) in [6.07, 6.45) is 2.55. The van der Waals surface area contributed by atoms with E-state index >= 15 is 0 Å². The summed E-state index contributed by atoms with van der Waals surface area (Å²) in [5.74, 6) is -0.0237. The van der Waals surface area contributed by atoms with Gasteiger partial charge in [0.15, 0.2) is 0 Å². The van der Waals surface area contributed by atoms with Gasteiger partial charge in [0, 0.05) is 41.2 Å². The highest BCUT2D eigenvalue weighted by Gasteiger charge is 2.31. The maximum absolute atomic E-state index is 13.2. The van der Waals surface area contributed by atoms with E-state index in [0.717, 1.165) is 21.1 Å². The molecule has 1 aromatic heterocycles. The molecule has 146 valence electrons. The van der Waals surface area contributed by atoms with Crippen LogP contribution in [0.3, 0.4) is 0 Å². The first kappa shape index (κ1) is 20.2. The number of carbonyl (C=O) groups excluding carboxylic acids is 1. The first-order valence-electron chi connectivity index (χ1n) is 9.03. The van der Waals surface area contributed by atoms with Gasteiger partial charge in [-0.25, -0.2) is 8.42 Å². The minimum Gasteiger partial charge on any atom is -0.339 e. The number of aromatic nitrogens is 1. The zero-order valence-electron chi connectivity index (χ0n) is 15.8. The number of hydrogen-bond acceptors (Lipinski definition) is 4. The van der Waals surface area contributed by atoms with Crippen molar-refractivity contribution < 1.29 is 13.2 Å². The van der Waals surface area contributed by atoms with E-state index in [0.29, 0.717) is 38.0 Å². The molecule has 0 saturated carbocycles. The molecule has 1 fully saturated rings. The Hall–Kier alpha value is -1.51. The van der Waals surface area contributed by atoms with Crippen molar-refractivity contribution in [3.8, 4) is 0 Å². The smallest absolute Gasteiger partial charge is 0.254 e. The second-order valence-corrected chi connectivity index (χ2v) is 9.81. The van der Waals surface area contributed by atoms with E-state index in [9.17, 15) is 13.2 Å². The topological polar surface area (TPSA) is 70.6 Å². The molecule has 0 bridgehead atoms. The highest BCUT2D eigenvalue weighted by Crippen LogP contribution is 2.26. The second kappa shape index (κ2) is 7.85. The van der Waals surface area contributed by atoms with Crippen LogP contribution in [0.1, 0.15) is 35.8 Å². The van der Waals surface area contributed by atoms with Gasteiger partial charge in [0.1, 0.15) is 0 Å². The Balaban J connectivity index is 1.83. The lowest BCUT2D eigenvalue weighted by Gasteiger charge is -2.37. The van der Waals surface area contributed by atoms with Crippen LogP contribution in [0, 0.1) is 6.92 Å². The second-order valence-electron chi connectivity index (χ2n) is 6.96. The van der Waals surface area contributed by atoms with E-state index in [4.69, 9.17) is 0 Å². The maximum Gasteiger partial charge on any atom is 0.254 e. The van der Waals surface area contributed by atoms with E-state index in [2.05, 4.69) is 20.9 Å². The van der Waals surface area contributed by atoms with Crippen LogP contribution < -0.4 is 0 Å². The fourth-order valence-electron chi connectivity index (χ4n) is 3.80. The third kappa shape index (κ3) is 4.33. The SMILES string of the molecule is CCN(C1CCN(C(=O)c2cc(C)nc3ccc(Br)cc23)CC1)S(C)(=O)=O. The Kier molecular flexibility index (Phi) is 5.88. The molecule has 2 aromatic rings. The normalized spacial score (nSPS) is 16.3. The van der Waals surface area contributed by atoms with Crippen LogP contribution in [-0.2, 0) is 10.0 Å². The molecule has 0 aliphatic carbocycles. The molecule has 3 rings (SSSR count). The lowest BCUT2D eigenvalue weighted by Crippen LogP contribution is -2.48. The Labute approximate surface area is 168 Å². The largest absolute Gasteiger partial charge is 0.339 e. The van der Waals surface area contributed by atoms with Crippen LogP contribution in [0.25, 0.3) is 10.9 Å². The summed E-state index contributed by atoms with van der Waals surface area (Å²) in [6, 6.07) is 7.53. The first-order valence-corrected chi connectivity index (χ1v) is 11.7. The molecule has 1 aliphatic rings. The fraction of sp³-hybridized carbons (Fsp3) is 0.474. The van der Waals surface area contributed by atoms with Gasteiger partial charge in [-0.1, -0.05) is 22.9 Å². The minimum atomic E-state index is -3.23. The molecule has 0 atom stereocenters. The van der Waals surface area contributed by atoms with Gasteiger partial charge in [0.2, 0.25) is 10.0 Å². The van der Waals surface area contributed by atoms with Crippen molar-refractivity contribution in [2.24, 2.45) is 0 Å². The molecule has 0 radical (unpaired) electrons. The van der Waals surface area contributed by atoms with Crippen LogP contribution in [0.4, 0.5) is 0 Å². The van der Waals surface area contributed by atoms with Crippen molar-refractivity contribution in [3.05, 3.63) is 40.0 Å². The monoisotopic (exact) mass is 453 g/mol. The molecule has 2 heterocycles. The number of carbonyl (C=O) groups is 1. The molecular weight excluding hydrogens is 430 g/mol. The van der Waals surface area contributed by atoms with Gasteiger partial charge >= 0.3 is 0 Å². The quantitative estimate of drug-likeness (QED) is 0.712. The molecular formula is C19H24BrN3O3S. The number of nitrogens with zero attached hydrogens (tertiary/aromatic N) is 3. The summed E-state index contributed by atoms with van der Waals surface area (Å²) in [5, 5.41) is 0.827. The van der Waals surface area contributed by atoms with Gasteiger partial charge < -0.3 is 4.90 Å². The maximum atomic E-state index is 13.2. The third-order valence-corrected chi connectivity index (χ3v) is 6.93. The average Bonchev–Trinajstić information content (AvgIpc) is 2.61. The van der Waals surface area contributed by atoms with Crippen molar-refractivity contribution in [2.75, 3.05) is 25.9 Å². The lowest BCUT2D eigenvalue weighted by atomic mass is 10.0. The van der Waals surface area contributed by atoms with Gasteiger partial charge in [0.05, 0.1) is 17.3 Å². The van der Waals surface area contributed by atoms with Crippen molar-refractivity contribution >= 4 is 42.8 Å². The van der Waals surface area contributed by atoms with Crippen LogP contribution in [-0.4, -0.2) is 60.4 Å². The lowest BCUT2D eigenvalue weighted by molar-refractivity contribution is 0.0682. The van der Waals surface area contributed by atoms with E-state index < -0.39 is 10.0 Å². The number of amides is 1. The number of rotatable bonds is 4. The Morgan fingerprint density at radius 2 is 1.96 bits per heavy atom. The van der Waals surface area contributed by atoms with Crippen molar-refractivity contribution in [1.82, 2.24) is 14.2 Å². The predicted octanol–water partition coefficient (Wildman–Crippen LogP) is 3.19. The van der Waals surface area contributed by atoms with Gasteiger partial charge in [0.25, 0.3) is 5.91 Å². The number of hydrogen-bond donors (Lipinski definition) is 0. The van der Waals surface area contributed by atoms with Crippen molar-refractivity contribution in [2.45, 2.75) is 32.7 Å². The summed E-state index contributed by atoms with van der Waals surface area (Å²) < 4.78 is 26.3. The first-order chi connectivity index (χ1) is 12.7. The van der Waals surface area contributed by atoms with Crippen molar-refractivity contribution in [3.63, 3.8) is 0 Å². The number of fused-ring (bicyclic) bond motifs is 1. The van der Waals surface area contributed by atoms with Crippen LogP contribution in [0.5, 0.6) is 0 Å². The summed E-state index contributed by atoms with van der Waals surface area (Å²) in [5.41, 5.74) is 2.25. The summed E-state index contributed by atoms with van der Waals surface area (Å²) in [4.78, 5) is 19.5. The summed E-state index contributed by atoms with van der Waals surface area (Å²) >= 11 is 3.47. The fourth-order valence-corrected chi connectivity index (χ4v) is 5.38. The van der Waals surface area contributed by atoms with E-state index in [-0.39, 0.29) is 11.9 Å². The Bertz CT molecular complexity index is 970. The number of piperidine rings is 1. The molecule has 6 nitrogen and oxygen atoms in total. The predicted molar refractivity (Wildman–Crippen MR) is 110 cm³/mol. The van der Waals surface area contributed by atoms with Crippen LogP contribution >= 0.6 is 15.9 Å².